The molecule has 3 rings (SSSR count). The minimum Gasteiger partial charge on any atom is -0.444 e. The number of rotatable bonds is 14. The maximum Gasteiger partial charge on any atom is 0.469 e. The summed E-state index contributed by atoms with van der Waals surface area (Å²) in [5.41, 5.74) is 0.371. The number of nitro groups is 1. The predicted molar refractivity (Wildman–Crippen MR) is 146 cm³/mol. The maximum atomic E-state index is 13.7. The molecule has 0 radical (unpaired) electrons. The fraction of sp³-hybridized carbons (Fsp3) is 0.480. The molecule has 2 aromatic rings. The quantitative estimate of drug-likeness (QED) is 0.161. The molecule has 1 heterocycles. The van der Waals surface area contributed by atoms with E-state index in [1.165, 1.54) is 0 Å². The van der Waals surface area contributed by atoms with Crippen molar-refractivity contribution in [1.29, 1.82) is 0 Å². The van der Waals surface area contributed by atoms with Gasteiger partial charge in [-0.3, -0.25) is 14.6 Å². The maximum absolute atomic E-state index is 13.7. The minimum absolute atomic E-state index is 0.0227. The highest BCUT2D eigenvalue weighted by atomic mass is 32.2. The van der Waals surface area contributed by atoms with Gasteiger partial charge in [-0.1, -0.05) is 44.2 Å². The van der Waals surface area contributed by atoms with Gasteiger partial charge in [0, 0.05) is 31.6 Å². The third kappa shape index (κ3) is 10.1. The van der Waals surface area contributed by atoms with Crippen molar-refractivity contribution in [3.8, 4) is 0 Å². The number of non-ortho nitro benzene ring substituents is 1. The molecule has 226 valence electrons. The van der Waals surface area contributed by atoms with Crippen LogP contribution in [-0.4, -0.2) is 78.1 Å². The molecule has 1 fully saturated rings. The Hall–Kier alpha value is -2.91. The average molecular weight is 616 g/mol. The van der Waals surface area contributed by atoms with E-state index in [1.54, 1.807) is 44.2 Å². The van der Waals surface area contributed by atoms with Crippen LogP contribution in [-0.2, 0) is 35.0 Å². The fourth-order valence-electron chi connectivity index (χ4n) is 4.26. The molecule has 0 saturated carbocycles. The van der Waals surface area contributed by atoms with E-state index in [4.69, 9.17) is 14.0 Å². The summed E-state index contributed by atoms with van der Waals surface area (Å²) in [7, 11) is -9.52. The van der Waals surface area contributed by atoms with Gasteiger partial charge in [0.2, 0.25) is 10.0 Å². The number of nitro benzene ring substituents is 1. The third-order valence-corrected chi connectivity index (χ3v) is 8.51. The zero-order valence-corrected chi connectivity index (χ0v) is 24.3. The molecule has 0 aliphatic carbocycles. The number of hydrogen-bond donors (Lipinski definition) is 3. The van der Waals surface area contributed by atoms with Gasteiger partial charge in [0.25, 0.3) is 5.69 Å². The second kappa shape index (κ2) is 14.3. The molecule has 0 spiro atoms. The van der Waals surface area contributed by atoms with Crippen molar-refractivity contribution >= 4 is 29.6 Å². The van der Waals surface area contributed by atoms with Crippen LogP contribution in [0.5, 0.6) is 0 Å². The molecule has 14 nitrogen and oxygen atoms in total. The summed E-state index contributed by atoms with van der Waals surface area (Å²) < 4.78 is 56.1. The number of phosphoric acid groups is 1. The third-order valence-electron chi connectivity index (χ3n) is 6.12. The van der Waals surface area contributed by atoms with E-state index in [-0.39, 0.29) is 36.1 Å². The van der Waals surface area contributed by atoms with Gasteiger partial charge in [-0.05, 0) is 30.0 Å². The van der Waals surface area contributed by atoms with E-state index >= 15 is 0 Å². The smallest absolute Gasteiger partial charge is 0.444 e. The van der Waals surface area contributed by atoms with Crippen LogP contribution in [0.2, 0.25) is 0 Å². The van der Waals surface area contributed by atoms with Crippen LogP contribution in [0.4, 0.5) is 10.5 Å². The number of alkyl carbamates (subject to hydrolysis) is 1. The van der Waals surface area contributed by atoms with Crippen molar-refractivity contribution in [1.82, 2.24) is 9.62 Å². The van der Waals surface area contributed by atoms with Gasteiger partial charge < -0.3 is 24.6 Å². The predicted octanol–water partition coefficient (Wildman–Crippen LogP) is 2.85. The van der Waals surface area contributed by atoms with E-state index in [1.807, 2.05) is 0 Å². The molecular formula is C25H34N3O11PS. The molecule has 2 aromatic carbocycles. The molecule has 0 aromatic heterocycles. The standard InChI is InChI=1S/C25H34N3O11PS/c1-18(2)15-27(41(35,36)22-10-8-20(9-11-22)28(30)31)16-24(39-40(32,33)34)23(14-19-6-4-3-5-7-19)26-25(29)38-21-12-13-37-17-21/h3-11,18,21,23-24H,12-17H2,1-2H3,(H,26,29)(H2,32,33,34)/t21?,23?,24-/m1/s1. The zero-order chi connectivity index (χ0) is 30.2. The Bertz CT molecular complexity index is 1310. The zero-order valence-electron chi connectivity index (χ0n) is 22.6. The van der Waals surface area contributed by atoms with Crippen molar-refractivity contribution in [2.24, 2.45) is 5.92 Å². The first-order valence-electron chi connectivity index (χ1n) is 12.8. The fourth-order valence-corrected chi connectivity index (χ4v) is 6.45. The Morgan fingerprint density at radius 3 is 2.37 bits per heavy atom. The van der Waals surface area contributed by atoms with Crippen molar-refractivity contribution < 1.29 is 46.5 Å². The second-order valence-electron chi connectivity index (χ2n) is 9.93. The van der Waals surface area contributed by atoms with E-state index in [9.17, 15) is 37.7 Å². The highest BCUT2D eigenvalue weighted by Gasteiger charge is 2.37. The lowest BCUT2D eigenvalue weighted by atomic mass is 10.0. The first-order valence-corrected chi connectivity index (χ1v) is 15.8. The van der Waals surface area contributed by atoms with Crippen LogP contribution in [0, 0.1) is 16.0 Å². The second-order valence-corrected chi connectivity index (χ2v) is 13.1. The molecule has 1 saturated heterocycles. The average Bonchev–Trinajstić information content (AvgIpc) is 3.40. The van der Waals surface area contributed by atoms with Crippen LogP contribution in [0.3, 0.4) is 0 Å². The van der Waals surface area contributed by atoms with E-state index < -0.39 is 53.7 Å². The number of carbonyl (C=O) groups excluding carboxylic acids is 1. The molecule has 0 bridgehead atoms. The summed E-state index contributed by atoms with van der Waals surface area (Å²) in [5, 5.41) is 13.6. The Kier molecular flexibility index (Phi) is 11.4. The molecule has 1 amide bonds. The molecule has 1 aliphatic rings. The number of benzene rings is 2. The number of nitrogens with one attached hydrogen (secondary N) is 1. The number of phosphoric ester groups is 1. The number of nitrogens with zero attached hydrogens (tertiary/aromatic N) is 2. The number of sulfonamides is 1. The van der Waals surface area contributed by atoms with Crippen LogP contribution in [0.1, 0.15) is 25.8 Å². The Labute approximate surface area is 238 Å². The normalized spacial score (nSPS) is 17.4. The SMILES string of the molecule is CC(C)CN(C[C@@H](OP(=O)(O)O)C(Cc1ccccc1)NC(=O)OC1CCOC1)S(=O)(=O)c1ccc([N+](=O)[O-])cc1. The lowest BCUT2D eigenvalue weighted by molar-refractivity contribution is -0.384. The summed E-state index contributed by atoms with van der Waals surface area (Å²) in [6, 6.07) is 11.8. The van der Waals surface area contributed by atoms with E-state index in [0.29, 0.717) is 18.6 Å². The van der Waals surface area contributed by atoms with Crippen LogP contribution < -0.4 is 5.32 Å². The monoisotopic (exact) mass is 615 g/mol. The molecule has 1 aliphatic heterocycles. The number of ether oxygens (including phenoxy) is 2. The van der Waals surface area contributed by atoms with Gasteiger partial charge in [0.05, 0.1) is 29.1 Å². The highest BCUT2D eigenvalue weighted by Crippen LogP contribution is 2.39. The van der Waals surface area contributed by atoms with Gasteiger partial charge in [-0.2, -0.15) is 4.31 Å². The van der Waals surface area contributed by atoms with E-state index in [0.717, 1.165) is 28.6 Å². The lowest BCUT2D eigenvalue weighted by Crippen LogP contribution is -2.52. The van der Waals surface area contributed by atoms with Crippen molar-refractivity contribution in [3.63, 3.8) is 0 Å². The highest BCUT2D eigenvalue weighted by molar-refractivity contribution is 7.89. The summed E-state index contributed by atoms with van der Waals surface area (Å²) in [4.78, 5) is 42.5. The van der Waals surface area contributed by atoms with Crippen molar-refractivity contribution in [2.45, 2.75) is 49.8 Å². The minimum atomic E-state index is -5.19. The summed E-state index contributed by atoms with van der Waals surface area (Å²) >= 11 is 0. The molecule has 3 N–H and O–H groups in total. The van der Waals surface area contributed by atoms with E-state index in [2.05, 4.69) is 5.32 Å². The van der Waals surface area contributed by atoms with Crippen molar-refractivity contribution in [3.05, 3.63) is 70.3 Å². The van der Waals surface area contributed by atoms with Crippen LogP contribution in [0.15, 0.2) is 59.5 Å². The van der Waals surface area contributed by atoms with Gasteiger partial charge >= 0.3 is 13.9 Å². The van der Waals surface area contributed by atoms with Gasteiger partial charge in [0.15, 0.2) is 0 Å². The summed E-state index contributed by atoms with van der Waals surface area (Å²) in [6.45, 7) is 3.47. The van der Waals surface area contributed by atoms with Crippen LogP contribution >= 0.6 is 7.82 Å². The van der Waals surface area contributed by atoms with Gasteiger partial charge in [-0.25, -0.2) is 17.8 Å². The van der Waals surface area contributed by atoms with Gasteiger partial charge in [0.1, 0.15) is 12.2 Å². The Morgan fingerprint density at radius 1 is 1.17 bits per heavy atom. The van der Waals surface area contributed by atoms with Crippen LogP contribution in [0.25, 0.3) is 0 Å². The molecule has 16 heteroatoms. The summed E-state index contributed by atoms with van der Waals surface area (Å²) in [6.07, 6.45) is -2.41. The number of hydrogen-bond acceptors (Lipinski definition) is 9. The number of carbonyl (C=O) groups is 1. The topological polar surface area (TPSA) is 195 Å². The largest absolute Gasteiger partial charge is 0.469 e. The molecular weight excluding hydrogens is 581 g/mol. The number of amides is 1. The lowest BCUT2D eigenvalue weighted by Gasteiger charge is -2.33. The van der Waals surface area contributed by atoms with Crippen molar-refractivity contribution in [2.75, 3.05) is 26.3 Å². The molecule has 41 heavy (non-hydrogen) atoms. The molecule has 2 unspecified atom stereocenters. The molecule has 3 atom stereocenters. The summed E-state index contributed by atoms with van der Waals surface area (Å²) in [5.74, 6) is -0.230. The Balaban J connectivity index is 1.97. The first kappa shape index (κ1) is 32.6. The van der Waals surface area contributed by atoms with Gasteiger partial charge in [-0.15, -0.1) is 0 Å². The Morgan fingerprint density at radius 2 is 1.83 bits per heavy atom. The first-order chi connectivity index (χ1) is 19.2.